The Morgan fingerprint density at radius 3 is 0.825 bits per heavy atom. The molecule has 0 heterocycles. The van der Waals surface area contributed by atoms with Crippen LogP contribution in [-0.2, 0) is 0 Å². The summed E-state index contributed by atoms with van der Waals surface area (Å²) in [5.74, 6) is 7.05. The zero-order chi connectivity index (χ0) is 52.6. The van der Waals surface area contributed by atoms with Crippen molar-refractivity contribution in [3.05, 3.63) is 107 Å². The Balaban J connectivity index is -0.0000000747. The van der Waals surface area contributed by atoms with Crippen molar-refractivity contribution < 1.29 is 0 Å². The van der Waals surface area contributed by atoms with Gasteiger partial charge in [0.1, 0.15) is 0 Å². The van der Waals surface area contributed by atoms with Gasteiger partial charge >= 0.3 is 0 Å². The summed E-state index contributed by atoms with van der Waals surface area (Å²) < 4.78 is 0. The van der Waals surface area contributed by atoms with E-state index in [0.717, 1.165) is 29.6 Å². The fourth-order valence-electron chi connectivity index (χ4n) is 3.65. The van der Waals surface area contributed by atoms with E-state index in [1.165, 1.54) is 51.9 Å². The van der Waals surface area contributed by atoms with Crippen LogP contribution in [0.25, 0.3) is 0 Å². The summed E-state index contributed by atoms with van der Waals surface area (Å²) in [5, 5.41) is 0. The van der Waals surface area contributed by atoms with E-state index in [1.54, 1.807) is 0 Å². The molecule has 378 valence electrons. The molecule has 0 radical (unpaired) electrons. The first-order valence-corrected chi connectivity index (χ1v) is 25.4. The maximum atomic E-state index is 3.75. The minimum atomic E-state index is 0.648. The molecule has 0 aromatic heterocycles. The summed E-state index contributed by atoms with van der Waals surface area (Å²) >= 11 is 0. The highest BCUT2D eigenvalue weighted by molar-refractivity contribution is 5.08. The summed E-state index contributed by atoms with van der Waals surface area (Å²) in [6.07, 6.45) is 22.0. The quantitative estimate of drug-likeness (QED) is 0.171. The smallest absolute Gasteiger partial charge is 0.0260 e. The second kappa shape index (κ2) is 57.7. The van der Waals surface area contributed by atoms with E-state index >= 15 is 0 Å². The molecule has 0 fully saturated rings. The van der Waals surface area contributed by atoms with Gasteiger partial charge in [-0.05, 0) is 148 Å². The first kappa shape index (κ1) is 80.9. The normalized spacial score (nSPS) is 11.2. The third-order valence-electron chi connectivity index (χ3n) is 9.21. The molecule has 63 heavy (non-hydrogen) atoms. The van der Waals surface area contributed by atoms with Crippen molar-refractivity contribution in [1.29, 1.82) is 0 Å². The van der Waals surface area contributed by atoms with Gasteiger partial charge in [0.05, 0.1) is 0 Å². The van der Waals surface area contributed by atoms with Gasteiger partial charge < -0.3 is 0 Å². The molecule has 0 aliphatic heterocycles. The van der Waals surface area contributed by atoms with Crippen LogP contribution >= 0.6 is 0 Å². The van der Waals surface area contributed by atoms with Crippen molar-refractivity contribution in [2.45, 2.75) is 241 Å². The van der Waals surface area contributed by atoms with Gasteiger partial charge in [0.25, 0.3) is 0 Å². The predicted octanol–water partition coefficient (Wildman–Crippen LogP) is 23.3. The van der Waals surface area contributed by atoms with Crippen molar-refractivity contribution in [3.8, 4) is 0 Å². The van der Waals surface area contributed by atoms with Crippen molar-refractivity contribution in [1.82, 2.24) is 0 Å². The molecule has 0 nitrogen and oxygen atoms in total. The Labute approximate surface area is 405 Å². The van der Waals surface area contributed by atoms with Gasteiger partial charge in [0.15, 0.2) is 0 Å². The highest BCUT2D eigenvalue weighted by Gasteiger charge is 1.96. The number of rotatable bonds is 12. The zero-order valence-electron chi connectivity index (χ0n) is 50.3. The Bertz CT molecular complexity index is 1150. The van der Waals surface area contributed by atoms with Crippen LogP contribution in [0, 0.1) is 59.2 Å². The standard InChI is InChI=1S/4C8H16.2C7H14.2C6H12.C5H10/c1-7(2)5-6-8(3)4;1-6(2)8(5)7(3)4;1-5-8(4)6-7(2)3;1-5-6-8(4)7(2)3;1-6(2)5-7(3)4;1-5-7(4)6(2)3;1-5(2)6(3)4;1-4-5-6(2)3;1-4-5(2)3/h5-8H,1-4H3;6H,1-5H3;2*6-7H,5H2,1-4H3;2*5-6H,1-4H3;6H,1H2,2-4H3;4-6H,1-3H3;4-5H,1H2,2-3H3/b6-5+;;2*8-6+;;7-5+;;5-4+;. The fourth-order valence-corrected chi connectivity index (χ4v) is 3.65. The molecule has 0 aliphatic rings. The Morgan fingerprint density at radius 2 is 0.778 bits per heavy atom. The number of hydrogen-bond acceptors (Lipinski definition) is 0. The summed E-state index contributed by atoms with van der Waals surface area (Å²) in [5.41, 5.74) is 10.1. The molecule has 0 rings (SSSR count). The van der Waals surface area contributed by atoms with Crippen LogP contribution in [0.15, 0.2) is 107 Å². The van der Waals surface area contributed by atoms with Crippen molar-refractivity contribution in [2.24, 2.45) is 59.2 Å². The van der Waals surface area contributed by atoms with E-state index in [9.17, 15) is 0 Å². The molecule has 0 bridgehead atoms. The lowest BCUT2D eigenvalue weighted by Gasteiger charge is -2.05. The molecule has 0 atom stereocenters. The van der Waals surface area contributed by atoms with Crippen LogP contribution in [0.3, 0.4) is 0 Å². The number of hydrogen-bond donors (Lipinski definition) is 0. The average Bonchev–Trinajstić information content (AvgIpc) is 3.14. The molecule has 0 N–H and O–H groups in total. The lowest BCUT2D eigenvalue weighted by molar-refractivity contribution is 0.756. The maximum absolute atomic E-state index is 3.75. The van der Waals surface area contributed by atoms with Gasteiger partial charge in [-0.15, -0.1) is 6.58 Å². The minimum absolute atomic E-state index is 0.648. The topological polar surface area (TPSA) is 0 Å². The second-order valence-corrected chi connectivity index (χ2v) is 20.8. The van der Waals surface area contributed by atoms with E-state index in [1.807, 2.05) is 19.9 Å². The van der Waals surface area contributed by atoms with Crippen molar-refractivity contribution in [2.75, 3.05) is 0 Å². The van der Waals surface area contributed by atoms with Crippen LogP contribution in [-0.4, -0.2) is 0 Å². The molecular weight excluding hydrogens is 757 g/mol. The fraction of sp³-hybridized carbons (Fsp3) is 0.714. The first-order chi connectivity index (χ1) is 28.5. The summed E-state index contributed by atoms with van der Waals surface area (Å²) in [7, 11) is 0. The molecular formula is C63H126. The van der Waals surface area contributed by atoms with Gasteiger partial charge in [0, 0.05) is 0 Å². The molecule has 0 saturated heterocycles. The lowest BCUT2D eigenvalue weighted by Crippen LogP contribution is -1.89. The zero-order valence-corrected chi connectivity index (χ0v) is 50.3. The van der Waals surface area contributed by atoms with Crippen LogP contribution in [0.1, 0.15) is 241 Å². The largest absolute Gasteiger partial charge is 0.103 e. The van der Waals surface area contributed by atoms with Crippen molar-refractivity contribution in [3.63, 3.8) is 0 Å². The van der Waals surface area contributed by atoms with Gasteiger partial charge in [-0.2, -0.15) is 0 Å². The monoisotopic (exact) mass is 883 g/mol. The van der Waals surface area contributed by atoms with E-state index < -0.39 is 0 Å². The second-order valence-electron chi connectivity index (χ2n) is 20.8. The lowest BCUT2D eigenvalue weighted by atomic mass is 10.0. The molecule has 0 saturated carbocycles. The van der Waals surface area contributed by atoms with Crippen LogP contribution in [0.4, 0.5) is 0 Å². The predicted molar refractivity (Wildman–Crippen MR) is 308 cm³/mol. The Morgan fingerprint density at radius 1 is 0.444 bits per heavy atom. The maximum Gasteiger partial charge on any atom is -0.0260 e. The van der Waals surface area contributed by atoms with Gasteiger partial charge in [0.2, 0.25) is 0 Å². The van der Waals surface area contributed by atoms with E-state index in [4.69, 9.17) is 0 Å². The van der Waals surface area contributed by atoms with Gasteiger partial charge in [-0.25, -0.2) is 0 Å². The van der Waals surface area contributed by atoms with E-state index in [2.05, 4.69) is 276 Å². The molecule has 0 heteroatoms. The van der Waals surface area contributed by atoms with Crippen LogP contribution in [0.2, 0.25) is 0 Å². The number of allylic oxidation sites excluding steroid dienone is 16. The molecule has 0 aromatic rings. The highest BCUT2D eigenvalue weighted by Crippen LogP contribution is 2.12. The van der Waals surface area contributed by atoms with E-state index in [0.29, 0.717) is 29.6 Å². The van der Waals surface area contributed by atoms with Crippen molar-refractivity contribution >= 4 is 0 Å². The van der Waals surface area contributed by atoms with Crippen LogP contribution in [0.5, 0.6) is 0 Å². The molecule has 0 spiro atoms. The minimum Gasteiger partial charge on any atom is -0.103 e. The van der Waals surface area contributed by atoms with E-state index in [-0.39, 0.29) is 0 Å². The van der Waals surface area contributed by atoms with Gasteiger partial charge in [-0.1, -0.05) is 253 Å². The average molecular weight is 884 g/mol. The molecule has 0 aromatic carbocycles. The van der Waals surface area contributed by atoms with Gasteiger partial charge in [-0.3, -0.25) is 0 Å². The third kappa shape index (κ3) is 109. The SMILES string of the molecule is C/C=C(\C)C(C)C.C/C=C/C(C)C.C=C(C)C(C)C.C=CC(C)C.CC(C)/C=C/C(C)C.CC(C)=C(C)C(C)C.CC(C)=CC(C)C.CC/C(C)=C/C(C)C.CC/C=C(\C)C(C)C. The highest BCUT2D eigenvalue weighted by atomic mass is 14.0. The first-order valence-electron chi connectivity index (χ1n) is 25.4. The Hall–Kier alpha value is -2.34. The van der Waals surface area contributed by atoms with Crippen LogP contribution < -0.4 is 0 Å². The molecule has 0 amide bonds. The summed E-state index contributed by atoms with van der Waals surface area (Å²) in [6, 6.07) is 0. The molecule has 0 unspecified atom stereocenters. The molecule has 0 aliphatic carbocycles. The third-order valence-corrected chi connectivity index (χ3v) is 9.21. The Kier molecular flexibility index (Phi) is 74.1. The summed E-state index contributed by atoms with van der Waals surface area (Å²) in [4.78, 5) is 0. The summed E-state index contributed by atoms with van der Waals surface area (Å²) in [6.45, 7) is 78.8.